The van der Waals surface area contributed by atoms with E-state index in [1.54, 1.807) is 6.20 Å². The Hall–Kier alpha value is -1.09. The number of aryl methyl sites for hydroxylation is 1. The average molecular weight is 223 g/mol. The van der Waals surface area contributed by atoms with Crippen LogP contribution in [0.15, 0.2) is 18.5 Å². The zero-order valence-electron chi connectivity index (χ0n) is 10.3. The predicted molar refractivity (Wildman–Crippen MR) is 64.6 cm³/mol. The molecular weight excluding hydrogens is 202 g/mol. The Morgan fingerprint density at radius 2 is 2.12 bits per heavy atom. The maximum atomic E-state index is 9.48. The Morgan fingerprint density at radius 3 is 2.75 bits per heavy atom. The van der Waals surface area contributed by atoms with Crippen molar-refractivity contribution in [2.24, 2.45) is 0 Å². The number of hydrogen-bond acceptors (Lipinski definition) is 3. The third-order valence-electron chi connectivity index (χ3n) is 2.38. The van der Waals surface area contributed by atoms with Crippen molar-refractivity contribution >= 4 is 0 Å². The van der Waals surface area contributed by atoms with Gasteiger partial charge in [0.2, 0.25) is 0 Å². The van der Waals surface area contributed by atoms with E-state index in [0.717, 1.165) is 30.6 Å². The number of ether oxygens (including phenoxy) is 1. The molecule has 0 aliphatic carbocycles. The predicted octanol–water partition coefficient (Wildman–Crippen LogP) is 2.57. The summed E-state index contributed by atoms with van der Waals surface area (Å²) in [5.74, 6) is 0.804. The van der Waals surface area contributed by atoms with Gasteiger partial charge < -0.3 is 9.84 Å². The lowest BCUT2D eigenvalue weighted by molar-refractivity contribution is 0.160. The first-order valence-electron chi connectivity index (χ1n) is 5.90. The van der Waals surface area contributed by atoms with Gasteiger partial charge in [0.25, 0.3) is 0 Å². The van der Waals surface area contributed by atoms with E-state index in [4.69, 9.17) is 4.74 Å². The standard InChI is InChI=1S/C13H21NO2/c1-4-12(15)6-5-11-7-13(9-14-8-11)16-10(2)3/h7-10,12,15H,4-6H2,1-3H3. The first-order chi connectivity index (χ1) is 7.61. The topological polar surface area (TPSA) is 42.4 Å². The molecule has 1 heterocycles. The van der Waals surface area contributed by atoms with Gasteiger partial charge in [-0.25, -0.2) is 0 Å². The summed E-state index contributed by atoms with van der Waals surface area (Å²) in [5.41, 5.74) is 1.12. The summed E-state index contributed by atoms with van der Waals surface area (Å²) < 4.78 is 5.56. The fourth-order valence-corrected chi connectivity index (χ4v) is 1.47. The van der Waals surface area contributed by atoms with E-state index in [-0.39, 0.29) is 12.2 Å². The van der Waals surface area contributed by atoms with Crippen molar-refractivity contribution in [1.82, 2.24) is 4.98 Å². The van der Waals surface area contributed by atoms with Crippen molar-refractivity contribution in [3.63, 3.8) is 0 Å². The minimum absolute atomic E-state index is 0.165. The van der Waals surface area contributed by atoms with Gasteiger partial charge in [-0.15, -0.1) is 0 Å². The van der Waals surface area contributed by atoms with E-state index in [0.29, 0.717) is 0 Å². The number of aliphatic hydroxyl groups is 1. The minimum Gasteiger partial charge on any atom is -0.489 e. The molecule has 90 valence electrons. The van der Waals surface area contributed by atoms with E-state index in [9.17, 15) is 5.11 Å². The summed E-state index contributed by atoms with van der Waals surface area (Å²) in [6, 6.07) is 2.00. The lowest BCUT2D eigenvalue weighted by Gasteiger charge is -2.11. The van der Waals surface area contributed by atoms with Crippen LogP contribution in [0.2, 0.25) is 0 Å². The van der Waals surface area contributed by atoms with Crippen molar-refractivity contribution < 1.29 is 9.84 Å². The van der Waals surface area contributed by atoms with Gasteiger partial charge in [-0.2, -0.15) is 0 Å². The molecule has 0 bridgehead atoms. The quantitative estimate of drug-likeness (QED) is 0.806. The van der Waals surface area contributed by atoms with Gasteiger partial charge in [0.1, 0.15) is 5.75 Å². The van der Waals surface area contributed by atoms with E-state index in [2.05, 4.69) is 4.98 Å². The highest BCUT2D eigenvalue weighted by Crippen LogP contribution is 2.15. The zero-order valence-corrected chi connectivity index (χ0v) is 10.3. The van der Waals surface area contributed by atoms with Gasteiger partial charge >= 0.3 is 0 Å². The molecule has 1 atom stereocenters. The molecule has 1 rings (SSSR count). The number of hydrogen-bond donors (Lipinski definition) is 1. The molecule has 0 saturated heterocycles. The Kier molecular flexibility index (Phi) is 5.26. The molecule has 0 saturated carbocycles. The van der Waals surface area contributed by atoms with Crippen LogP contribution in [0.4, 0.5) is 0 Å². The zero-order chi connectivity index (χ0) is 12.0. The molecule has 0 aromatic carbocycles. The molecule has 0 spiro atoms. The second kappa shape index (κ2) is 6.48. The Labute approximate surface area is 97.5 Å². The third kappa shape index (κ3) is 4.62. The molecule has 0 radical (unpaired) electrons. The van der Waals surface area contributed by atoms with Crippen LogP contribution in [-0.2, 0) is 6.42 Å². The fraction of sp³-hybridized carbons (Fsp3) is 0.615. The monoisotopic (exact) mass is 223 g/mol. The first-order valence-corrected chi connectivity index (χ1v) is 5.90. The van der Waals surface area contributed by atoms with E-state index >= 15 is 0 Å². The maximum absolute atomic E-state index is 9.48. The Balaban J connectivity index is 2.53. The lowest BCUT2D eigenvalue weighted by atomic mass is 10.1. The summed E-state index contributed by atoms with van der Waals surface area (Å²) in [7, 11) is 0. The summed E-state index contributed by atoms with van der Waals surface area (Å²) in [5, 5.41) is 9.48. The highest BCUT2D eigenvalue weighted by molar-refractivity contribution is 5.23. The normalized spacial score (nSPS) is 12.8. The lowest BCUT2D eigenvalue weighted by Crippen LogP contribution is -2.07. The molecule has 0 aliphatic rings. The van der Waals surface area contributed by atoms with Crippen LogP contribution in [0.1, 0.15) is 39.2 Å². The molecule has 3 nitrogen and oxygen atoms in total. The molecule has 0 aliphatic heterocycles. The van der Waals surface area contributed by atoms with Crippen molar-refractivity contribution in [3.8, 4) is 5.75 Å². The minimum atomic E-state index is -0.213. The Bertz CT molecular complexity index is 313. The smallest absolute Gasteiger partial charge is 0.138 e. The molecule has 3 heteroatoms. The second-order valence-electron chi connectivity index (χ2n) is 4.30. The van der Waals surface area contributed by atoms with E-state index < -0.39 is 0 Å². The van der Waals surface area contributed by atoms with Gasteiger partial charge in [0.05, 0.1) is 18.4 Å². The van der Waals surface area contributed by atoms with Crippen LogP contribution < -0.4 is 4.74 Å². The largest absolute Gasteiger partial charge is 0.489 e. The number of aliphatic hydroxyl groups excluding tert-OH is 1. The molecule has 1 N–H and O–H groups in total. The van der Waals surface area contributed by atoms with Gasteiger partial charge in [0.15, 0.2) is 0 Å². The van der Waals surface area contributed by atoms with Crippen LogP contribution in [0.25, 0.3) is 0 Å². The van der Waals surface area contributed by atoms with Crippen LogP contribution >= 0.6 is 0 Å². The molecule has 1 aromatic rings. The maximum Gasteiger partial charge on any atom is 0.138 e. The van der Waals surface area contributed by atoms with Crippen LogP contribution in [0.5, 0.6) is 5.75 Å². The van der Waals surface area contributed by atoms with Gasteiger partial charge in [-0.1, -0.05) is 6.92 Å². The van der Waals surface area contributed by atoms with Crippen LogP contribution in [0, 0.1) is 0 Å². The molecule has 1 unspecified atom stereocenters. The summed E-state index contributed by atoms with van der Waals surface area (Å²) in [6.45, 7) is 5.97. The van der Waals surface area contributed by atoms with Gasteiger partial charge in [-0.3, -0.25) is 4.98 Å². The van der Waals surface area contributed by atoms with E-state index in [1.165, 1.54) is 0 Å². The van der Waals surface area contributed by atoms with Gasteiger partial charge in [0, 0.05) is 6.20 Å². The van der Waals surface area contributed by atoms with E-state index in [1.807, 2.05) is 33.0 Å². The highest BCUT2D eigenvalue weighted by atomic mass is 16.5. The van der Waals surface area contributed by atoms with Crippen molar-refractivity contribution in [3.05, 3.63) is 24.0 Å². The SMILES string of the molecule is CCC(O)CCc1cncc(OC(C)C)c1. The Morgan fingerprint density at radius 1 is 1.38 bits per heavy atom. The highest BCUT2D eigenvalue weighted by Gasteiger charge is 2.04. The summed E-state index contributed by atoms with van der Waals surface area (Å²) >= 11 is 0. The third-order valence-corrected chi connectivity index (χ3v) is 2.38. The molecule has 16 heavy (non-hydrogen) atoms. The molecular formula is C13H21NO2. The molecule has 1 aromatic heterocycles. The van der Waals surface area contributed by atoms with Crippen molar-refractivity contribution in [2.45, 2.75) is 52.2 Å². The van der Waals surface area contributed by atoms with Crippen LogP contribution in [-0.4, -0.2) is 22.3 Å². The van der Waals surface area contributed by atoms with Crippen molar-refractivity contribution in [1.29, 1.82) is 0 Å². The number of nitrogens with zero attached hydrogens (tertiary/aromatic N) is 1. The molecule has 0 amide bonds. The summed E-state index contributed by atoms with van der Waals surface area (Å²) in [6.07, 6.45) is 5.93. The summed E-state index contributed by atoms with van der Waals surface area (Å²) in [4.78, 5) is 4.13. The molecule has 0 fully saturated rings. The fourth-order valence-electron chi connectivity index (χ4n) is 1.47. The van der Waals surface area contributed by atoms with Crippen molar-refractivity contribution in [2.75, 3.05) is 0 Å². The number of aromatic nitrogens is 1. The first kappa shape index (κ1) is 13.0. The number of pyridine rings is 1. The van der Waals surface area contributed by atoms with Crippen LogP contribution in [0.3, 0.4) is 0 Å². The second-order valence-corrected chi connectivity index (χ2v) is 4.30. The number of rotatable bonds is 6. The van der Waals surface area contributed by atoms with Gasteiger partial charge in [-0.05, 0) is 44.7 Å². The average Bonchev–Trinajstić information content (AvgIpc) is 2.25.